The van der Waals surface area contributed by atoms with Gasteiger partial charge in [-0.1, -0.05) is 6.07 Å². The Labute approximate surface area is 126 Å². The van der Waals surface area contributed by atoms with Gasteiger partial charge in [0.05, 0.1) is 6.10 Å². The summed E-state index contributed by atoms with van der Waals surface area (Å²) in [5.41, 5.74) is 9.01. The molecule has 1 aliphatic carbocycles. The number of hydrogen-bond acceptors (Lipinski definition) is 3. The van der Waals surface area contributed by atoms with Gasteiger partial charge in [-0.2, -0.15) is 0 Å². The molecule has 0 bridgehead atoms. The highest BCUT2D eigenvalue weighted by molar-refractivity contribution is 5.95. The van der Waals surface area contributed by atoms with Crippen LogP contribution in [0.1, 0.15) is 38.2 Å². The van der Waals surface area contributed by atoms with E-state index in [0.717, 1.165) is 55.8 Å². The Bertz CT molecular complexity index is 524. The number of anilines is 2. The van der Waals surface area contributed by atoms with Crippen LogP contribution < -0.4 is 10.6 Å². The molecule has 0 atom stereocenters. The van der Waals surface area contributed by atoms with Crippen LogP contribution in [0.15, 0.2) is 18.2 Å². The number of ether oxygens (including phenoxy) is 1. The first-order valence-electron chi connectivity index (χ1n) is 7.98. The standard InChI is InChI=1S/C17H24N2O2/c1-2-21-13-9-12(10-13)11-17(20)19-8-4-5-14-15(18)6-3-7-16(14)19/h3,6-7,12-13H,2,4-5,8-11,18H2,1H3. The van der Waals surface area contributed by atoms with E-state index in [9.17, 15) is 4.79 Å². The minimum Gasteiger partial charge on any atom is -0.398 e. The lowest BCUT2D eigenvalue weighted by molar-refractivity contribution is -0.121. The number of nitrogens with zero attached hydrogens (tertiary/aromatic N) is 1. The molecule has 1 aromatic rings. The molecular formula is C17H24N2O2. The number of benzene rings is 1. The quantitative estimate of drug-likeness (QED) is 0.867. The van der Waals surface area contributed by atoms with Crippen LogP contribution in [0.3, 0.4) is 0 Å². The number of fused-ring (bicyclic) bond motifs is 1. The number of rotatable bonds is 4. The van der Waals surface area contributed by atoms with Gasteiger partial charge < -0.3 is 15.4 Å². The molecule has 0 unspecified atom stereocenters. The van der Waals surface area contributed by atoms with Crippen LogP contribution in [0.2, 0.25) is 0 Å². The van der Waals surface area contributed by atoms with Crippen LogP contribution in [-0.2, 0) is 16.0 Å². The largest absolute Gasteiger partial charge is 0.398 e. The molecule has 3 rings (SSSR count). The summed E-state index contributed by atoms with van der Waals surface area (Å²) in [4.78, 5) is 14.5. The fourth-order valence-electron chi connectivity index (χ4n) is 3.48. The molecule has 0 aromatic heterocycles. The molecule has 2 N–H and O–H groups in total. The Hall–Kier alpha value is -1.55. The molecule has 0 radical (unpaired) electrons. The second kappa shape index (κ2) is 6.06. The molecule has 0 saturated heterocycles. The first-order chi connectivity index (χ1) is 10.2. The van der Waals surface area contributed by atoms with E-state index in [1.807, 2.05) is 30.0 Å². The van der Waals surface area contributed by atoms with Gasteiger partial charge in [0.2, 0.25) is 5.91 Å². The lowest BCUT2D eigenvalue weighted by Gasteiger charge is -2.37. The monoisotopic (exact) mass is 288 g/mol. The summed E-state index contributed by atoms with van der Waals surface area (Å²) in [6.45, 7) is 3.61. The van der Waals surface area contributed by atoms with Crippen LogP contribution in [0.4, 0.5) is 11.4 Å². The molecule has 21 heavy (non-hydrogen) atoms. The first-order valence-corrected chi connectivity index (χ1v) is 7.98. The highest BCUT2D eigenvalue weighted by Gasteiger charge is 2.33. The number of hydrogen-bond donors (Lipinski definition) is 1. The Balaban J connectivity index is 1.63. The normalized spacial score (nSPS) is 24.3. The van der Waals surface area contributed by atoms with Crippen molar-refractivity contribution in [2.45, 2.75) is 45.1 Å². The Morgan fingerprint density at radius 2 is 2.24 bits per heavy atom. The predicted octanol–water partition coefficient (Wildman–Crippen LogP) is 2.75. The van der Waals surface area contributed by atoms with Gasteiger partial charge in [0.15, 0.2) is 0 Å². The minimum atomic E-state index is 0.237. The van der Waals surface area contributed by atoms with Gasteiger partial charge in [-0.05, 0) is 56.2 Å². The van der Waals surface area contributed by atoms with Gasteiger partial charge in [0.1, 0.15) is 0 Å². The van der Waals surface area contributed by atoms with E-state index in [-0.39, 0.29) is 5.91 Å². The number of carbonyl (C=O) groups is 1. The molecule has 1 amide bonds. The zero-order chi connectivity index (χ0) is 14.8. The van der Waals surface area contributed by atoms with E-state index in [1.54, 1.807) is 0 Å². The van der Waals surface area contributed by atoms with E-state index in [1.165, 1.54) is 0 Å². The molecule has 1 heterocycles. The molecule has 4 nitrogen and oxygen atoms in total. The van der Waals surface area contributed by atoms with Crippen molar-refractivity contribution in [3.05, 3.63) is 23.8 Å². The van der Waals surface area contributed by atoms with Crippen molar-refractivity contribution in [3.8, 4) is 0 Å². The lowest BCUT2D eigenvalue weighted by Crippen LogP contribution is -2.40. The molecule has 2 aliphatic rings. The predicted molar refractivity (Wildman–Crippen MR) is 84.3 cm³/mol. The lowest BCUT2D eigenvalue weighted by atomic mass is 9.79. The number of amides is 1. The van der Waals surface area contributed by atoms with Crippen molar-refractivity contribution in [1.29, 1.82) is 0 Å². The third kappa shape index (κ3) is 2.91. The Morgan fingerprint density at radius 3 is 3.00 bits per heavy atom. The van der Waals surface area contributed by atoms with Gasteiger partial charge >= 0.3 is 0 Å². The van der Waals surface area contributed by atoms with Gasteiger partial charge in [-0.3, -0.25) is 4.79 Å². The Kier molecular flexibility index (Phi) is 4.15. The van der Waals surface area contributed by atoms with E-state index < -0.39 is 0 Å². The molecule has 0 spiro atoms. The summed E-state index contributed by atoms with van der Waals surface area (Å²) in [5.74, 6) is 0.724. The second-order valence-electron chi connectivity index (χ2n) is 6.11. The van der Waals surface area contributed by atoms with Crippen LogP contribution in [0.5, 0.6) is 0 Å². The third-order valence-electron chi connectivity index (χ3n) is 4.65. The molecule has 1 saturated carbocycles. The summed E-state index contributed by atoms with van der Waals surface area (Å²) in [6, 6.07) is 5.88. The first kappa shape index (κ1) is 14.4. The van der Waals surface area contributed by atoms with E-state index >= 15 is 0 Å². The van der Waals surface area contributed by atoms with Crippen LogP contribution in [-0.4, -0.2) is 25.2 Å². The summed E-state index contributed by atoms with van der Waals surface area (Å²) in [6.07, 6.45) is 5.03. The molecule has 1 fully saturated rings. The summed E-state index contributed by atoms with van der Waals surface area (Å²) < 4.78 is 5.57. The zero-order valence-corrected chi connectivity index (χ0v) is 12.7. The van der Waals surface area contributed by atoms with E-state index in [4.69, 9.17) is 10.5 Å². The highest BCUT2D eigenvalue weighted by atomic mass is 16.5. The van der Waals surface area contributed by atoms with E-state index in [0.29, 0.717) is 18.4 Å². The van der Waals surface area contributed by atoms with Crippen LogP contribution in [0, 0.1) is 5.92 Å². The average Bonchev–Trinajstić information content (AvgIpc) is 2.45. The SMILES string of the molecule is CCOC1CC(CC(=O)N2CCCc3c(N)cccc32)C1. The fraction of sp³-hybridized carbons (Fsp3) is 0.588. The van der Waals surface area contributed by atoms with Crippen molar-refractivity contribution >= 4 is 17.3 Å². The van der Waals surface area contributed by atoms with Gasteiger partial charge in [0.25, 0.3) is 0 Å². The van der Waals surface area contributed by atoms with Crippen molar-refractivity contribution in [2.75, 3.05) is 23.8 Å². The maximum atomic E-state index is 12.6. The maximum Gasteiger partial charge on any atom is 0.227 e. The number of nitrogens with two attached hydrogens (primary N) is 1. The average molecular weight is 288 g/mol. The topological polar surface area (TPSA) is 55.6 Å². The fourth-order valence-corrected chi connectivity index (χ4v) is 3.48. The van der Waals surface area contributed by atoms with Gasteiger partial charge in [-0.15, -0.1) is 0 Å². The minimum absolute atomic E-state index is 0.237. The Morgan fingerprint density at radius 1 is 1.43 bits per heavy atom. The smallest absolute Gasteiger partial charge is 0.227 e. The summed E-state index contributed by atoms with van der Waals surface area (Å²) in [5, 5.41) is 0. The summed E-state index contributed by atoms with van der Waals surface area (Å²) in [7, 11) is 0. The molecule has 1 aliphatic heterocycles. The second-order valence-corrected chi connectivity index (χ2v) is 6.11. The number of nitrogen functional groups attached to an aromatic ring is 1. The number of carbonyl (C=O) groups excluding carboxylic acids is 1. The van der Waals surface area contributed by atoms with Gasteiger partial charge in [0, 0.05) is 30.9 Å². The van der Waals surface area contributed by atoms with E-state index in [2.05, 4.69) is 0 Å². The van der Waals surface area contributed by atoms with Gasteiger partial charge in [-0.25, -0.2) is 0 Å². The summed E-state index contributed by atoms with van der Waals surface area (Å²) >= 11 is 0. The molecule has 4 heteroatoms. The molecular weight excluding hydrogens is 264 g/mol. The van der Waals surface area contributed by atoms with Crippen molar-refractivity contribution in [3.63, 3.8) is 0 Å². The third-order valence-corrected chi connectivity index (χ3v) is 4.65. The highest BCUT2D eigenvalue weighted by Crippen LogP contribution is 2.36. The van der Waals surface area contributed by atoms with Crippen LogP contribution in [0.25, 0.3) is 0 Å². The van der Waals surface area contributed by atoms with Crippen molar-refractivity contribution in [2.24, 2.45) is 5.92 Å². The zero-order valence-electron chi connectivity index (χ0n) is 12.7. The maximum absolute atomic E-state index is 12.6. The molecule has 1 aromatic carbocycles. The van der Waals surface area contributed by atoms with Crippen molar-refractivity contribution < 1.29 is 9.53 Å². The van der Waals surface area contributed by atoms with Crippen molar-refractivity contribution in [1.82, 2.24) is 0 Å². The van der Waals surface area contributed by atoms with Crippen LogP contribution >= 0.6 is 0 Å². The molecule has 114 valence electrons.